The normalized spacial score (nSPS) is 26.6. The SMILES string of the molecule is C[C@@H](N)C1CNC1. The Bertz CT molecular complexity index is 57.1. The van der Waals surface area contributed by atoms with E-state index in [9.17, 15) is 0 Å². The molecule has 1 fully saturated rings. The van der Waals surface area contributed by atoms with Gasteiger partial charge in [-0.25, -0.2) is 0 Å². The quantitative estimate of drug-likeness (QED) is 0.468. The van der Waals surface area contributed by atoms with Gasteiger partial charge in [0.25, 0.3) is 0 Å². The molecular weight excluding hydrogens is 88.1 g/mol. The molecule has 0 unspecified atom stereocenters. The molecule has 3 N–H and O–H groups in total. The molecule has 2 heteroatoms. The summed E-state index contributed by atoms with van der Waals surface area (Å²) < 4.78 is 0. The van der Waals surface area contributed by atoms with Crippen molar-refractivity contribution in [3.05, 3.63) is 0 Å². The van der Waals surface area contributed by atoms with Gasteiger partial charge in [0.15, 0.2) is 0 Å². The van der Waals surface area contributed by atoms with Crippen molar-refractivity contribution in [3.63, 3.8) is 0 Å². The van der Waals surface area contributed by atoms with Crippen molar-refractivity contribution in [2.75, 3.05) is 13.1 Å². The van der Waals surface area contributed by atoms with Crippen LogP contribution >= 0.6 is 0 Å². The van der Waals surface area contributed by atoms with Crippen molar-refractivity contribution in [2.24, 2.45) is 11.7 Å². The van der Waals surface area contributed by atoms with Crippen LogP contribution in [0.15, 0.2) is 0 Å². The van der Waals surface area contributed by atoms with E-state index in [-0.39, 0.29) is 0 Å². The minimum absolute atomic E-state index is 0.390. The minimum Gasteiger partial charge on any atom is -0.328 e. The van der Waals surface area contributed by atoms with Gasteiger partial charge in [0.1, 0.15) is 0 Å². The van der Waals surface area contributed by atoms with Crippen LogP contribution in [0.5, 0.6) is 0 Å². The van der Waals surface area contributed by atoms with Gasteiger partial charge in [-0.1, -0.05) is 0 Å². The van der Waals surface area contributed by atoms with Gasteiger partial charge >= 0.3 is 0 Å². The predicted molar refractivity (Wildman–Crippen MR) is 30.0 cm³/mol. The molecule has 1 atom stereocenters. The van der Waals surface area contributed by atoms with Crippen LogP contribution in [-0.2, 0) is 0 Å². The summed E-state index contributed by atoms with van der Waals surface area (Å²) in [6.45, 7) is 4.31. The molecule has 7 heavy (non-hydrogen) atoms. The third kappa shape index (κ3) is 0.924. The summed E-state index contributed by atoms with van der Waals surface area (Å²) >= 11 is 0. The van der Waals surface area contributed by atoms with Gasteiger partial charge in [-0.2, -0.15) is 0 Å². The zero-order valence-corrected chi connectivity index (χ0v) is 4.65. The lowest BCUT2D eigenvalue weighted by atomic mass is 9.96. The topological polar surface area (TPSA) is 38.0 Å². The smallest absolute Gasteiger partial charge is 0.00630 e. The summed E-state index contributed by atoms with van der Waals surface area (Å²) in [5, 5.41) is 3.16. The van der Waals surface area contributed by atoms with Gasteiger partial charge in [-0.15, -0.1) is 0 Å². The lowest BCUT2D eigenvalue weighted by molar-refractivity contribution is 0.304. The zero-order valence-electron chi connectivity index (χ0n) is 4.65. The molecule has 0 amide bonds. The van der Waals surface area contributed by atoms with E-state index >= 15 is 0 Å². The minimum atomic E-state index is 0.390. The fourth-order valence-electron chi connectivity index (χ4n) is 0.683. The van der Waals surface area contributed by atoms with E-state index in [1.807, 2.05) is 0 Å². The van der Waals surface area contributed by atoms with Gasteiger partial charge < -0.3 is 11.1 Å². The molecule has 0 saturated carbocycles. The second-order valence-corrected chi connectivity index (χ2v) is 2.28. The zero-order chi connectivity index (χ0) is 5.28. The Morgan fingerprint density at radius 3 is 2.29 bits per heavy atom. The van der Waals surface area contributed by atoms with E-state index in [0.717, 1.165) is 19.0 Å². The van der Waals surface area contributed by atoms with E-state index < -0.39 is 0 Å². The Morgan fingerprint density at radius 1 is 1.71 bits per heavy atom. The monoisotopic (exact) mass is 100 g/mol. The summed E-state index contributed by atoms with van der Waals surface area (Å²) in [7, 11) is 0. The van der Waals surface area contributed by atoms with E-state index in [2.05, 4.69) is 12.2 Å². The number of hydrogen-bond acceptors (Lipinski definition) is 2. The molecule has 0 radical (unpaired) electrons. The Hall–Kier alpha value is -0.0800. The maximum Gasteiger partial charge on any atom is 0.00630 e. The van der Waals surface area contributed by atoms with Crippen LogP contribution in [0.1, 0.15) is 6.92 Å². The van der Waals surface area contributed by atoms with Crippen molar-refractivity contribution in [2.45, 2.75) is 13.0 Å². The first kappa shape index (κ1) is 5.06. The van der Waals surface area contributed by atoms with Gasteiger partial charge in [-0.3, -0.25) is 0 Å². The number of hydrogen-bond donors (Lipinski definition) is 2. The molecule has 1 rings (SSSR count). The molecule has 2 nitrogen and oxygen atoms in total. The third-order valence-corrected chi connectivity index (χ3v) is 1.56. The Labute approximate surface area is 44.1 Å². The van der Waals surface area contributed by atoms with E-state index in [1.54, 1.807) is 0 Å². The molecule has 0 aliphatic carbocycles. The predicted octanol–water partition coefficient (Wildman–Crippen LogP) is -0.447. The van der Waals surface area contributed by atoms with Crippen molar-refractivity contribution in [1.29, 1.82) is 0 Å². The van der Waals surface area contributed by atoms with Gasteiger partial charge in [-0.05, 0) is 12.8 Å². The van der Waals surface area contributed by atoms with E-state index in [1.165, 1.54) is 0 Å². The van der Waals surface area contributed by atoms with Crippen molar-refractivity contribution >= 4 is 0 Å². The van der Waals surface area contributed by atoms with Crippen LogP contribution in [0.3, 0.4) is 0 Å². The van der Waals surface area contributed by atoms with E-state index in [0.29, 0.717) is 6.04 Å². The van der Waals surface area contributed by atoms with E-state index in [4.69, 9.17) is 5.73 Å². The third-order valence-electron chi connectivity index (χ3n) is 1.56. The Morgan fingerprint density at radius 2 is 2.29 bits per heavy atom. The molecule has 42 valence electrons. The lowest BCUT2D eigenvalue weighted by Gasteiger charge is -2.30. The van der Waals surface area contributed by atoms with Crippen LogP contribution in [0.4, 0.5) is 0 Å². The largest absolute Gasteiger partial charge is 0.328 e. The molecule has 0 aromatic heterocycles. The second kappa shape index (κ2) is 1.80. The molecule has 1 heterocycles. The number of nitrogens with one attached hydrogen (secondary N) is 1. The van der Waals surface area contributed by atoms with Crippen LogP contribution < -0.4 is 11.1 Å². The Balaban J connectivity index is 2.14. The molecule has 0 aromatic carbocycles. The Kier molecular flexibility index (Phi) is 1.30. The van der Waals surface area contributed by atoms with Crippen LogP contribution in [0, 0.1) is 5.92 Å². The summed E-state index contributed by atoms with van der Waals surface area (Å²) in [6, 6.07) is 0.390. The van der Waals surface area contributed by atoms with Crippen molar-refractivity contribution < 1.29 is 0 Å². The van der Waals surface area contributed by atoms with Gasteiger partial charge in [0.2, 0.25) is 0 Å². The first-order valence-electron chi connectivity index (χ1n) is 2.77. The van der Waals surface area contributed by atoms with Crippen molar-refractivity contribution in [3.8, 4) is 0 Å². The molecule has 0 bridgehead atoms. The van der Waals surface area contributed by atoms with Gasteiger partial charge in [0.05, 0.1) is 0 Å². The fourth-order valence-corrected chi connectivity index (χ4v) is 0.683. The standard InChI is InChI=1S/C5H12N2/c1-4(6)5-2-7-3-5/h4-5,7H,2-3,6H2,1H3/t4-/m1/s1. The van der Waals surface area contributed by atoms with Crippen LogP contribution in [0.2, 0.25) is 0 Å². The number of rotatable bonds is 1. The summed E-state index contributed by atoms with van der Waals surface area (Å²) in [4.78, 5) is 0. The molecule has 1 saturated heterocycles. The van der Waals surface area contributed by atoms with Crippen LogP contribution in [-0.4, -0.2) is 19.1 Å². The molecular formula is C5H12N2. The molecule has 0 spiro atoms. The average Bonchev–Trinajstić information content (AvgIpc) is 1.23. The molecule has 1 aliphatic rings. The summed E-state index contributed by atoms with van der Waals surface area (Å²) in [6.07, 6.45) is 0. The highest BCUT2D eigenvalue weighted by atomic mass is 15.0. The summed E-state index contributed by atoms with van der Waals surface area (Å²) in [5.41, 5.74) is 5.56. The average molecular weight is 100 g/mol. The second-order valence-electron chi connectivity index (χ2n) is 2.28. The fraction of sp³-hybridized carbons (Fsp3) is 1.00. The van der Waals surface area contributed by atoms with Crippen molar-refractivity contribution in [1.82, 2.24) is 5.32 Å². The molecule has 0 aromatic rings. The summed E-state index contributed by atoms with van der Waals surface area (Å²) in [5.74, 6) is 0.750. The highest BCUT2D eigenvalue weighted by molar-refractivity contribution is 4.80. The molecule has 1 aliphatic heterocycles. The lowest BCUT2D eigenvalue weighted by Crippen LogP contribution is -2.50. The van der Waals surface area contributed by atoms with Gasteiger partial charge in [0, 0.05) is 19.1 Å². The maximum atomic E-state index is 5.56. The van der Waals surface area contributed by atoms with Crippen LogP contribution in [0.25, 0.3) is 0 Å². The highest BCUT2D eigenvalue weighted by Crippen LogP contribution is 2.04. The maximum absolute atomic E-state index is 5.56. The number of nitrogens with two attached hydrogens (primary N) is 1. The first-order chi connectivity index (χ1) is 3.30. The highest BCUT2D eigenvalue weighted by Gasteiger charge is 2.19. The first-order valence-corrected chi connectivity index (χ1v) is 2.77.